The predicted molar refractivity (Wildman–Crippen MR) is 67.7 cm³/mol. The predicted octanol–water partition coefficient (Wildman–Crippen LogP) is 0.349. The van der Waals surface area contributed by atoms with Gasteiger partial charge in [-0.1, -0.05) is 11.6 Å². The lowest BCUT2D eigenvalue weighted by Gasteiger charge is -2.26. The van der Waals surface area contributed by atoms with Crippen LogP contribution in [0, 0.1) is 0 Å². The summed E-state index contributed by atoms with van der Waals surface area (Å²) in [5, 5.41) is 5.86. The maximum absolute atomic E-state index is 12.1. The van der Waals surface area contributed by atoms with E-state index in [1.807, 2.05) is 0 Å². The molecule has 0 saturated carbocycles. The van der Waals surface area contributed by atoms with Crippen LogP contribution in [0.15, 0.2) is 12.3 Å². The molecular formula is C11H13ClN4O2. The monoisotopic (exact) mass is 268 g/mol. The number of halogens is 1. The second-order valence-electron chi connectivity index (χ2n) is 3.88. The van der Waals surface area contributed by atoms with Crippen molar-refractivity contribution in [3.05, 3.63) is 22.8 Å². The van der Waals surface area contributed by atoms with Crippen LogP contribution in [-0.2, 0) is 4.79 Å². The highest BCUT2D eigenvalue weighted by molar-refractivity contribution is 6.33. The lowest BCUT2D eigenvalue weighted by Crippen LogP contribution is -2.50. The summed E-state index contributed by atoms with van der Waals surface area (Å²) in [4.78, 5) is 28.9. The Hall–Kier alpha value is -1.82. The van der Waals surface area contributed by atoms with E-state index in [1.54, 1.807) is 13.1 Å². The molecule has 0 aromatic carbocycles. The van der Waals surface area contributed by atoms with Gasteiger partial charge < -0.3 is 15.5 Å². The minimum atomic E-state index is -0.234. The number of nitrogens with one attached hydrogen (secondary N) is 2. The number of piperazine rings is 1. The fraction of sp³-hybridized carbons (Fsp3) is 0.364. The number of hydrogen-bond acceptors (Lipinski definition) is 4. The first-order chi connectivity index (χ1) is 8.61. The Bertz CT molecular complexity index is 492. The number of anilines is 1. The average Bonchev–Trinajstić information content (AvgIpc) is 2.37. The summed E-state index contributed by atoms with van der Waals surface area (Å²) in [5.74, 6) is 0.131. The van der Waals surface area contributed by atoms with Crippen molar-refractivity contribution < 1.29 is 9.59 Å². The highest BCUT2D eigenvalue weighted by atomic mass is 35.5. The first-order valence-corrected chi connectivity index (χ1v) is 5.89. The molecule has 1 aromatic heterocycles. The molecule has 0 unspecified atom stereocenters. The SMILES string of the molecule is CNc1ncc(C(=O)N2CCNC(=O)C2)cc1Cl. The standard InChI is InChI=1S/C11H13ClN4O2/c1-13-10-8(12)4-7(5-15-10)11(18)16-3-2-14-9(17)6-16/h4-5H,2-3,6H2,1H3,(H,13,15)(H,14,17). The molecule has 6 nitrogen and oxygen atoms in total. The normalized spacial score (nSPS) is 15.2. The van der Waals surface area contributed by atoms with Crippen molar-refractivity contribution >= 4 is 29.2 Å². The van der Waals surface area contributed by atoms with Gasteiger partial charge in [-0.3, -0.25) is 9.59 Å². The van der Waals surface area contributed by atoms with E-state index >= 15 is 0 Å². The molecule has 1 aromatic rings. The van der Waals surface area contributed by atoms with Crippen molar-refractivity contribution in [2.75, 3.05) is 32.0 Å². The Morgan fingerprint density at radius 1 is 1.61 bits per heavy atom. The van der Waals surface area contributed by atoms with Crippen LogP contribution in [0.3, 0.4) is 0 Å². The third-order valence-corrected chi connectivity index (χ3v) is 2.94. The largest absolute Gasteiger partial charge is 0.372 e. The molecule has 7 heteroatoms. The van der Waals surface area contributed by atoms with Gasteiger partial charge >= 0.3 is 0 Å². The van der Waals surface area contributed by atoms with E-state index in [2.05, 4.69) is 15.6 Å². The molecule has 1 aliphatic rings. The van der Waals surface area contributed by atoms with Crippen molar-refractivity contribution in [2.45, 2.75) is 0 Å². The van der Waals surface area contributed by atoms with Gasteiger partial charge in [0.05, 0.1) is 17.1 Å². The van der Waals surface area contributed by atoms with Crippen LogP contribution < -0.4 is 10.6 Å². The van der Waals surface area contributed by atoms with Gasteiger partial charge in [-0.2, -0.15) is 0 Å². The summed E-state index contributed by atoms with van der Waals surface area (Å²) < 4.78 is 0. The van der Waals surface area contributed by atoms with Gasteiger partial charge in [-0.25, -0.2) is 4.98 Å². The Labute approximate surface area is 109 Å². The van der Waals surface area contributed by atoms with Crippen LogP contribution >= 0.6 is 11.6 Å². The Balaban J connectivity index is 2.18. The van der Waals surface area contributed by atoms with E-state index in [0.29, 0.717) is 29.5 Å². The number of carbonyl (C=O) groups is 2. The van der Waals surface area contributed by atoms with Crippen molar-refractivity contribution in [1.82, 2.24) is 15.2 Å². The second-order valence-corrected chi connectivity index (χ2v) is 4.29. The lowest BCUT2D eigenvalue weighted by atomic mass is 10.2. The molecular weight excluding hydrogens is 256 g/mol. The molecule has 0 bridgehead atoms. The number of pyridine rings is 1. The third kappa shape index (κ3) is 2.53. The number of aromatic nitrogens is 1. The highest BCUT2D eigenvalue weighted by Crippen LogP contribution is 2.20. The van der Waals surface area contributed by atoms with E-state index in [-0.39, 0.29) is 18.4 Å². The Morgan fingerprint density at radius 3 is 3.00 bits per heavy atom. The summed E-state index contributed by atoms with van der Waals surface area (Å²) in [6.45, 7) is 1.04. The summed E-state index contributed by atoms with van der Waals surface area (Å²) in [6.07, 6.45) is 1.45. The first-order valence-electron chi connectivity index (χ1n) is 5.51. The van der Waals surface area contributed by atoms with E-state index in [0.717, 1.165) is 0 Å². The van der Waals surface area contributed by atoms with Crippen LogP contribution in [0.4, 0.5) is 5.82 Å². The molecule has 18 heavy (non-hydrogen) atoms. The molecule has 0 spiro atoms. The van der Waals surface area contributed by atoms with Gasteiger partial charge in [-0.05, 0) is 6.07 Å². The number of nitrogens with zero attached hydrogens (tertiary/aromatic N) is 2. The van der Waals surface area contributed by atoms with Gasteiger partial charge in [0.1, 0.15) is 5.82 Å². The number of carbonyl (C=O) groups excluding carboxylic acids is 2. The molecule has 0 atom stereocenters. The molecule has 0 aliphatic carbocycles. The minimum absolute atomic E-state index is 0.0736. The van der Waals surface area contributed by atoms with Crippen LogP contribution in [0.2, 0.25) is 5.02 Å². The van der Waals surface area contributed by atoms with Crippen LogP contribution in [0.25, 0.3) is 0 Å². The molecule has 2 rings (SSSR count). The van der Waals surface area contributed by atoms with Gasteiger partial charge in [0, 0.05) is 26.3 Å². The fourth-order valence-electron chi connectivity index (χ4n) is 1.73. The fourth-order valence-corrected chi connectivity index (χ4v) is 1.99. The van der Waals surface area contributed by atoms with Crippen LogP contribution in [0.5, 0.6) is 0 Å². The van der Waals surface area contributed by atoms with Crippen LogP contribution in [0.1, 0.15) is 10.4 Å². The molecule has 2 amide bonds. The maximum Gasteiger partial charge on any atom is 0.256 e. The van der Waals surface area contributed by atoms with Gasteiger partial charge in [0.2, 0.25) is 5.91 Å². The van der Waals surface area contributed by atoms with Gasteiger partial charge in [0.25, 0.3) is 5.91 Å². The topological polar surface area (TPSA) is 74.3 Å². The zero-order chi connectivity index (χ0) is 13.1. The molecule has 1 saturated heterocycles. The summed E-state index contributed by atoms with van der Waals surface area (Å²) in [7, 11) is 1.70. The Kier molecular flexibility index (Phi) is 3.66. The van der Waals surface area contributed by atoms with E-state index in [9.17, 15) is 9.59 Å². The highest BCUT2D eigenvalue weighted by Gasteiger charge is 2.22. The number of hydrogen-bond donors (Lipinski definition) is 2. The summed E-state index contributed by atoms with van der Waals surface area (Å²) in [5.41, 5.74) is 0.383. The van der Waals surface area contributed by atoms with Crippen molar-refractivity contribution in [1.29, 1.82) is 0 Å². The van der Waals surface area contributed by atoms with Crippen molar-refractivity contribution in [2.24, 2.45) is 0 Å². The summed E-state index contributed by atoms with van der Waals surface area (Å²) >= 11 is 5.97. The molecule has 96 valence electrons. The second kappa shape index (κ2) is 5.22. The smallest absolute Gasteiger partial charge is 0.256 e. The number of amides is 2. The minimum Gasteiger partial charge on any atom is -0.372 e. The maximum atomic E-state index is 12.1. The molecule has 2 N–H and O–H groups in total. The molecule has 1 fully saturated rings. The summed E-state index contributed by atoms with van der Waals surface area (Å²) in [6, 6.07) is 1.55. The zero-order valence-corrected chi connectivity index (χ0v) is 10.6. The van der Waals surface area contributed by atoms with Gasteiger partial charge in [-0.15, -0.1) is 0 Å². The average molecular weight is 269 g/mol. The molecule has 1 aliphatic heterocycles. The molecule has 0 radical (unpaired) electrons. The zero-order valence-electron chi connectivity index (χ0n) is 9.86. The van der Waals surface area contributed by atoms with E-state index in [1.165, 1.54) is 11.1 Å². The Morgan fingerprint density at radius 2 is 2.39 bits per heavy atom. The van der Waals surface area contributed by atoms with Crippen molar-refractivity contribution in [3.63, 3.8) is 0 Å². The quantitative estimate of drug-likeness (QED) is 0.812. The third-order valence-electron chi connectivity index (χ3n) is 2.65. The van der Waals surface area contributed by atoms with Crippen molar-refractivity contribution in [3.8, 4) is 0 Å². The van der Waals surface area contributed by atoms with E-state index in [4.69, 9.17) is 11.6 Å². The first kappa shape index (κ1) is 12.6. The van der Waals surface area contributed by atoms with Gasteiger partial charge in [0.15, 0.2) is 0 Å². The number of rotatable bonds is 2. The van der Waals surface area contributed by atoms with E-state index < -0.39 is 0 Å². The molecule has 2 heterocycles. The lowest BCUT2D eigenvalue weighted by molar-refractivity contribution is -0.123. The van der Waals surface area contributed by atoms with Crippen LogP contribution in [-0.4, -0.2) is 48.4 Å².